The highest BCUT2D eigenvalue weighted by atomic mass is 16.5. The molecular formula is C21H23N3O6. The van der Waals surface area contributed by atoms with Crippen molar-refractivity contribution < 1.29 is 28.7 Å². The van der Waals surface area contributed by atoms with Crippen molar-refractivity contribution in [1.29, 1.82) is 0 Å². The summed E-state index contributed by atoms with van der Waals surface area (Å²) < 4.78 is 5.10. The summed E-state index contributed by atoms with van der Waals surface area (Å²) in [6.07, 6.45) is 3.58. The number of carbonyl (C=O) groups excluding carboxylic acids is 5. The molecule has 1 saturated heterocycles. The second kappa shape index (κ2) is 8.89. The van der Waals surface area contributed by atoms with Gasteiger partial charge >= 0.3 is 5.97 Å². The van der Waals surface area contributed by atoms with Crippen LogP contribution < -0.4 is 10.6 Å². The van der Waals surface area contributed by atoms with Crippen LogP contribution >= 0.6 is 0 Å². The van der Waals surface area contributed by atoms with Gasteiger partial charge in [0.1, 0.15) is 6.54 Å². The molecule has 3 rings (SSSR count). The van der Waals surface area contributed by atoms with E-state index in [0.717, 1.165) is 4.90 Å². The van der Waals surface area contributed by atoms with E-state index in [1.807, 2.05) is 12.2 Å². The number of likely N-dealkylation sites (tertiary alicyclic amines) is 1. The van der Waals surface area contributed by atoms with E-state index in [2.05, 4.69) is 10.6 Å². The van der Waals surface area contributed by atoms with Crippen LogP contribution in [0.5, 0.6) is 0 Å². The minimum absolute atomic E-state index is 0.210. The van der Waals surface area contributed by atoms with Gasteiger partial charge in [-0.2, -0.15) is 0 Å². The van der Waals surface area contributed by atoms with E-state index in [9.17, 15) is 24.0 Å². The van der Waals surface area contributed by atoms with Crippen molar-refractivity contribution in [2.75, 3.05) is 17.2 Å². The molecule has 9 nitrogen and oxygen atoms in total. The van der Waals surface area contributed by atoms with Crippen molar-refractivity contribution in [2.45, 2.75) is 32.8 Å². The number of anilines is 2. The number of imide groups is 1. The lowest BCUT2D eigenvalue weighted by Crippen LogP contribution is -2.39. The van der Waals surface area contributed by atoms with Crippen molar-refractivity contribution in [3.63, 3.8) is 0 Å². The number of carbonyl (C=O) groups is 5. The Morgan fingerprint density at radius 2 is 1.50 bits per heavy atom. The molecule has 4 amide bonds. The maximum Gasteiger partial charge on any atom is 0.326 e. The van der Waals surface area contributed by atoms with Crippen molar-refractivity contribution >= 4 is 41.0 Å². The van der Waals surface area contributed by atoms with Gasteiger partial charge in [-0.15, -0.1) is 0 Å². The number of benzene rings is 1. The first kappa shape index (κ1) is 21.2. The minimum atomic E-state index is -1.12. The summed E-state index contributed by atoms with van der Waals surface area (Å²) >= 11 is 0. The first-order chi connectivity index (χ1) is 14.3. The molecule has 0 spiro atoms. The number of nitrogens with zero attached hydrogens (tertiary/aromatic N) is 1. The maximum absolute atomic E-state index is 12.4. The van der Waals surface area contributed by atoms with Gasteiger partial charge < -0.3 is 15.4 Å². The van der Waals surface area contributed by atoms with Crippen LogP contribution in [0.4, 0.5) is 11.4 Å². The summed E-state index contributed by atoms with van der Waals surface area (Å²) in [6.45, 7) is 2.28. The Morgan fingerprint density at radius 1 is 1.00 bits per heavy atom. The first-order valence-corrected chi connectivity index (χ1v) is 9.64. The van der Waals surface area contributed by atoms with Crippen LogP contribution in [-0.4, -0.2) is 47.1 Å². The zero-order valence-corrected chi connectivity index (χ0v) is 16.7. The standard InChI is InChI=1S/C21H23N3O6/c1-12(19(27)23-15-9-7-14(8-10-15)22-13(2)25)30-18(26)11-24-20(28)16-5-3-4-6-17(16)21(24)29/h3-4,7-10,12,16-17H,5-6,11H2,1-2H3,(H,22,25)(H,23,27)/t12-,16-,17+/m1/s1. The second-order valence-corrected chi connectivity index (χ2v) is 7.30. The Hall–Kier alpha value is -3.49. The average molecular weight is 413 g/mol. The second-order valence-electron chi connectivity index (χ2n) is 7.30. The predicted molar refractivity (Wildman–Crippen MR) is 107 cm³/mol. The van der Waals surface area contributed by atoms with Crippen LogP contribution in [0, 0.1) is 11.8 Å². The number of hydrogen-bond donors (Lipinski definition) is 2. The minimum Gasteiger partial charge on any atom is -0.451 e. The molecule has 0 bridgehead atoms. The summed E-state index contributed by atoms with van der Waals surface area (Å²) in [5, 5.41) is 5.20. The van der Waals surface area contributed by atoms with E-state index in [0.29, 0.717) is 24.2 Å². The fraction of sp³-hybridized carbons (Fsp3) is 0.381. The van der Waals surface area contributed by atoms with E-state index in [-0.39, 0.29) is 17.7 Å². The van der Waals surface area contributed by atoms with Gasteiger partial charge in [-0.05, 0) is 44.0 Å². The molecule has 0 radical (unpaired) electrons. The molecule has 30 heavy (non-hydrogen) atoms. The zero-order chi connectivity index (χ0) is 21.8. The lowest BCUT2D eigenvalue weighted by atomic mass is 9.85. The Labute approximate surface area is 173 Å². The number of ether oxygens (including phenoxy) is 1. The lowest BCUT2D eigenvalue weighted by molar-refractivity contribution is -0.158. The zero-order valence-electron chi connectivity index (χ0n) is 16.7. The van der Waals surface area contributed by atoms with E-state index in [4.69, 9.17) is 4.74 Å². The van der Waals surface area contributed by atoms with E-state index in [1.165, 1.54) is 13.8 Å². The topological polar surface area (TPSA) is 122 Å². The van der Waals surface area contributed by atoms with Crippen molar-refractivity contribution in [2.24, 2.45) is 11.8 Å². The maximum atomic E-state index is 12.4. The fourth-order valence-electron chi connectivity index (χ4n) is 3.53. The van der Waals surface area contributed by atoms with Crippen LogP contribution in [0.15, 0.2) is 36.4 Å². The summed E-state index contributed by atoms with van der Waals surface area (Å²) in [6, 6.07) is 6.42. The molecule has 2 aliphatic rings. The van der Waals surface area contributed by atoms with E-state index in [1.54, 1.807) is 24.3 Å². The Kier molecular flexibility index (Phi) is 6.29. The van der Waals surface area contributed by atoms with Gasteiger partial charge in [0.25, 0.3) is 5.91 Å². The Morgan fingerprint density at radius 3 is 2.00 bits per heavy atom. The molecule has 1 aromatic rings. The summed E-state index contributed by atoms with van der Waals surface area (Å²) in [7, 11) is 0. The summed E-state index contributed by atoms with van der Waals surface area (Å²) in [4.78, 5) is 61.2. The quantitative estimate of drug-likeness (QED) is 0.414. The Balaban J connectivity index is 1.51. The monoisotopic (exact) mass is 413 g/mol. The largest absolute Gasteiger partial charge is 0.451 e. The molecule has 0 aromatic heterocycles. The number of hydrogen-bond acceptors (Lipinski definition) is 6. The first-order valence-electron chi connectivity index (χ1n) is 9.64. The number of esters is 1. The van der Waals surface area contributed by atoms with Gasteiger partial charge in [-0.25, -0.2) is 0 Å². The average Bonchev–Trinajstić information content (AvgIpc) is 2.94. The molecular weight excluding hydrogens is 390 g/mol. The normalized spacial score (nSPS) is 21.1. The summed E-state index contributed by atoms with van der Waals surface area (Å²) in [5.41, 5.74) is 1.04. The highest BCUT2D eigenvalue weighted by Gasteiger charge is 2.47. The molecule has 3 atom stereocenters. The highest BCUT2D eigenvalue weighted by Crippen LogP contribution is 2.34. The number of nitrogens with one attached hydrogen (secondary N) is 2. The predicted octanol–water partition coefficient (Wildman–Crippen LogP) is 1.47. The third-order valence-corrected chi connectivity index (χ3v) is 5.04. The molecule has 1 aliphatic carbocycles. The molecule has 1 heterocycles. The molecule has 9 heteroatoms. The molecule has 1 aliphatic heterocycles. The molecule has 1 fully saturated rings. The van der Waals surface area contributed by atoms with Gasteiger partial charge in [0, 0.05) is 18.3 Å². The van der Waals surface area contributed by atoms with Crippen LogP contribution in [-0.2, 0) is 28.7 Å². The van der Waals surface area contributed by atoms with Gasteiger partial charge in [-0.3, -0.25) is 28.9 Å². The smallest absolute Gasteiger partial charge is 0.326 e. The third-order valence-electron chi connectivity index (χ3n) is 5.04. The molecule has 1 aromatic carbocycles. The van der Waals surface area contributed by atoms with Gasteiger partial charge in [0.15, 0.2) is 6.10 Å². The highest BCUT2D eigenvalue weighted by molar-refractivity contribution is 6.07. The van der Waals surface area contributed by atoms with Crippen LogP contribution in [0.2, 0.25) is 0 Å². The van der Waals surface area contributed by atoms with Crippen LogP contribution in [0.3, 0.4) is 0 Å². The van der Waals surface area contributed by atoms with Crippen molar-refractivity contribution in [3.8, 4) is 0 Å². The lowest BCUT2D eigenvalue weighted by Gasteiger charge is -2.17. The van der Waals surface area contributed by atoms with Gasteiger partial charge in [-0.1, -0.05) is 12.2 Å². The molecule has 0 unspecified atom stereocenters. The van der Waals surface area contributed by atoms with E-state index >= 15 is 0 Å². The number of fused-ring (bicyclic) bond motifs is 1. The number of allylic oxidation sites excluding steroid dienone is 2. The van der Waals surface area contributed by atoms with Crippen molar-refractivity contribution in [1.82, 2.24) is 4.90 Å². The van der Waals surface area contributed by atoms with Gasteiger partial charge in [0.05, 0.1) is 11.8 Å². The SMILES string of the molecule is CC(=O)Nc1ccc(NC(=O)[C@@H](C)OC(=O)CN2C(=O)[C@H]3CC=CC[C@H]3C2=O)cc1. The molecule has 158 valence electrons. The molecule has 0 saturated carbocycles. The summed E-state index contributed by atoms with van der Waals surface area (Å²) in [5.74, 6) is -3.18. The van der Waals surface area contributed by atoms with Gasteiger partial charge in [0.2, 0.25) is 17.7 Å². The fourth-order valence-corrected chi connectivity index (χ4v) is 3.53. The van der Waals surface area contributed by atoms with Crippen LogP contribution in [0.1, 0.15) is 26.7 Å². The number of amides is 4. The molecule has 2 N–H and O–H groups in total. The number of rotatable bonds is 6. The third kappa shape index (κ3) is 4.73. The van der Waals surface area contributed by atoms with Crippen molar-refractivity contribution in [3.05, 3.63) is 36.4 Å². The van der Waals surface area contributed by atoms with Crippen LogP contribution in [0.25, 0.3) is 0 Å². The van der Waals surface area contributed by atoms with E-state index < -0.39 is 36.4 Å². The Bertz CT molecular complexity index is 882.